The molecule has 0 unspecified atom stereocenters. The minimum absolute atomic E-state index is 0.0209. The van der Waals surface area contributed by atoms with Crippen molar-refractivity contribution in [2.75, 3.05) is 26.0 Å². The minimum Gasteiger partial charge on any atom is -0.443 e. The number of carbonyl (C=O) groups excluding carboxylic acids is 1. The lowest BCUT2D eigenvalue weighted by molar-refractivity contribution is 0.0463. The molecule has 3 fully saturated rings. The summed E-state index contributed by atoms with van der Waals surface area (Å²) in [5.74, 6) is 1.15. The molecule has 3 aliphatic rings. The maximum atomic E-state index is 14.1. The van der Waals surface area contributed by atoms with Crippen molar-refractivity contribution in [1.29, 1.82) is 0 Å². The van der Waals surface area contributed by atoms with Crippen LogP contribution in [0.25, 0.3) is 0 Å². The molecule has 2 saturated carbocycles. The van der Waals surface area contributed by atoms with Gasteiger partial charge in [0.05, 0.1) is 18.1 Å². The van der Waals surface area contributed by atoms with Gasteiger partial charge < -0.3 is 14.4 Å². The van der Waals surface area contributed by atoms with Gasteiger partial charge in [-0.15, -0.1) is 0 Å². The molecule has 6 nitrogen and oxygen atoms in total. The lowest BCUT2D eigenvalue weighted by Crippen LogP contribution is -2.40. The summed E-state index contributed by atoms with van der Waals surface area (Å²) in [6.07, 6.45) is 5.92. The highest BCUT2D eigenvalue weighted by molar-refractivity contribution is 7.90. The van der Waals surface area contributed by atoms with E-state index in [-0.39, 0.29) is 23.2 Å². The molecule has 0 N–H and O–H groups in total. The Hall–Kier alpha value is -1.67. The highest BCUT2D eigenvalue weighted by Gasteiger charge is 2.46. The number of hydrogen-bond acceptors (Lipinski definition) is 5. The van der Waals surface area contributed by atoms with E-state index in [9.17, 15) is 17.6 Å². The molecule has 166 valence electrons. The molecule has 1 aromatic carbocycles. The molecule has 30 heavy (non-hydrogen) atoms. The maximum absolute atomic E-state index is 14.1. The van der Waals surface area contributed by atoms with Gasteiger partial charge in [-0.05, 0) is 68.9 Å². The Bertz CT molecular complexity index is 906. The van der Waals surface area contributed by atoms with Crippen molar-refractivity contribution in [3.63, 3.8) is 0 Å². The van der Waals surface area contributed by atoms with Gasteiger partial charge >= 0.3 is 6.09 Å². The van der Waals surface area contributed by atoms with E-state index in [4.69, 9.17) is 9.47 Å². The zero-order valence-corrected chi connectivity index (χ0v) is 18.4. The van der Waals surface area contributed by atoms with Gasteiger partial charge in [-0.1, -0.05) is 6.07 Å². The molecule has 1 aromatic rings. The molecule has 0 radical (unpaired) electrons. The molecule has 1 heterocycles. The Kier molecular flexibility index (Phi) is 5.83. The van der Waals surface area contributed by atoms with Crippen molar-refractivity contribution in [3.05, 3.63) is 29.6 Å². The fraction of sp³-hybridized carbons (Fsp3) is 0.682. The van der Waals surface area contributed by atoms with Crippen molar-refractivity contribution in [2.24, 2.45) is 17.8 Å². The molecule has 0 bridgehead atoms. The highest BCUT2D eigenvalue weighted by Crippen LogP contribution is 2.48. The molecule has 0 aromatic heterocycles. The van der Waals surface area contributed by atoms with Crippen LogP contribution in [0.2, 0.25) is 0 Å². The van der Waals surface area contributed by atoms with E-state index in [1.54, 1.807) is 0 Å². The van der Waals surface area contributed by atoms with E-state index in [2.05, 4.69) is 0 Å². The minimum atomic E-state index is -3.41. The smallest absolute Gasteiger partial charge is 0.410 e. The first-order valence-corrected chi connectivity index (χ1v) is 12.6. The molecule has 2 atom stereocenters. The van der Waals surface area contributed by atoms with Crippen LogP contribution in [0.3, 0.4) is 0 Å². The summed E-state index contributed by atoms with van der Waals surface area (Å²) in [4.78, 5) is 14.0. The van der Waals surface area contributed by atoms with Crippen molar-refractivity contribution in [2.45, 2.75) is 56.1 Å². The first kappa shape index (κ1) is 21.6. The third kappa shape index (κ3) is 5.14. The van der Waals surface area contributed by atoms with Gasteiger partial charge in [0.25, 0.3) is 0 Å². The average molecular weight is 440 g/mol. The number of benzene rings is 1. The van der Waals surface area contributed by atoms with E-state index in [0.29, 0.717) is 29.9 Å². The Balaban J connectivity index is 1.17. The quantitative estimate of drug-likeness (QED) is 0.646. The van der Waals surface area contributed by atoms with Crippen LogP contribution in [-0.4, -0.2) is 51.0 Å². The molecular weight excluding hydrogens is 409 g/mol. The summed E-state index contributed by atoms with van der Waals surface area (Å²) in [5, 5.41) is 0. The lowest BCUT2D eigenvalue weighted by Gasteiger charge is -2.32. The third-order valence-electron chi connectivity index (χ3n) is 6.71. The number of piperidine rings is 1. The van der Waals surface area contributed by atoms with Crippen LogP contribution < -0.4 is 0 Å². The summed E-state index contributed by atoms with van der Waals surface area (Å²) in [7, 11) is -3.41. The van der Waals surface area contributed by atoms with E-state index in [0.717, 1.165) is 57.5 Å². The number of hydrogen-bond donors (Lipinski definition) is 0. The SMILES string of the molecule is CC1(OC(=O)N2CCC([C@H]3C[C@@H]3COCc3ccc(S(C)(=O)=O)cc3F)CC2)CC1. The fourth-order valence-electron chi connectivity index (χ4n) is 4.30. The number of halogens is 1. The molecule has 1 amide bonds. The van der Waals surface area contributed by atoms with E-state index >= 15 is 0 Å². The number of ether oxygens (including phenoxy) is 2. The predicted octanol–water partition coefficient (Wildman–Crippen LogP) is 3.78. The van der Waals surface area contributed by atoms with Gasteiger partial charge in [-0.25, -0.2) is 17.6 Å². The molecule has 0 spiro atoms. The Labute approximate surface area is 177 Å². The van der Waals surface area contributed by atoms with E-state index in [1.807, 2.05) is 11.8 Å². The van der Waals surface area contributed by atoms with Crippen LogP contribution in [0.5, 0.6) is 0 Å². The number of nitrogens with zero attached hydrogens (tertiary/aromatic N) is 1. The third-order valence-corrected chi connectivity index (χ3v) is 7.82. The second kappa shape index (κ2) is 8.11. The Morgan fingerprint density at radius 3 is 2.57 bits per heavy atom. The van der Waals surface area contributed by atoms with Crippen LogP contribution in [0, 0.1) is 23.6 Å². The number of rotatable bonds is 7. The van der Waals surface area contributed by atoms with Crippen molar-refractivity contribution in [1.82, 2.24) is 4.90 Å². The standard InChI is InChI=1S/C22H30FNO5S/c1-22(7-8-22)29-21(25)24-9-5-15(6-10-24)19-11-17(19)14-28-13-16-3-4-18(12-20(16)23)30(2,26)27/h3-4,12,15,17,19H,5-11,13-14H2,1-2H3/t17-,19-/m1/s1. The molecule has 1 aliphatic heterocycles. The molecular formula is C22H30FNO5S. The van der Waals surface area contributed by atoms with Gasteiger partial charge in [0, 0.05) is 24.9 Å². The number of likely N-dealkylation sites (tertiary alicyclic amines) is 1. The van der Waals surface area contributed by atoms with E-state index in [1.165, 1.54) is 12.1 Å². The van der Waals surface area contributed by atoms with Crippen molar-refractivity contribution >= 4 is 15.9 Å². The largest absolute Gasteiger partial charge is 0.443 e. The predicted molar refractivity (Wildman–Crippen MR) is 109 cm³/mol. The molecule has 8 heteroatoms. The van der Waals surface area contributed by atoms with Crippen molar-refractivity contribution in [3.8, 4) is 0 Å². The number of sulfone groups is 1. The topological polar surface area (TPSA) is 72.9 Å². The van der Waals surface area contributed by atoms with Gasteiger partial charge in [0.2, 0.25) is 0 Å². The Morgan fingerprint density at radius 1 is 1.27 bits per heavy atom. The Morgan fingerprint density at radius 2 is 1.97 bits per heavy atom. The summed E-state index contributed by atoms with van der Waals surface area (Å²) < 4.78 is 48.4. The zero-order chi connectivity index (χ0) is 21.5. The van der Waals surface area contributed by atoms with Gasteiger partial charge in [0.1, 0.15) is 11.4 Å². The van der Waals surface area contributed by atoms with Crippen LogP contribution in [0.4, 0.5) is 9.18 Å². The monoisotopic (exact) mass is 439 g/mol. The fourth-order valence-corrected chi connectivity index (χ4v) is 4.93. The van der Waals surface area contributed by atoms with Gasteiger partial charge in [-0.3, -0.25) is 0 Å². The van der Waals surface area contributed by atoms with Crippen molar-refractivity contribution < 1.29 is 27.1 Å². The molecule has 2 aliphatic carbocycles. The van der Waals surface area contributed by atoms with Crippen LogP contribution in [0.15, 0.2) is 23.1 Å². The second-order valence-electron chi connectivity index (χ2n) is 9.34. The molecule has 4 rings (SSSR count). The average Bonchev–Trinajstić information content (AvgIpc) is 3.60. The summed E-state index contributed by atoms with van der Waals surface area (Å²) in [6.45, 7) is 4.21. The summed E-state index contributed by atoms with van der Waals surface area (Å²) >= 11 is 0. The highest BCUT2D eigenvalue weighted by atomic mass is 32.2. The first-order chi connectivity index (χ1) is 14.1. The van der Waals surface area contributed by atoms with Gasteiger partial charge in [0.15, 0.2) is 9.84 Å². The summed E-state index contributed by atoms with van der Waals surface area (Å²) in [5.41, 5.74) is 0.146. The number of amides is 1. The van der Waals surface area contributed by atoms with E-state index < -0.39 is 15.7 Å². The molecule has 1 saturated heterocycles. The van der Waals surface area contributed by atoms with Gasteiger partial charge in [-0.2, -0.15) is 0 Å². The van der Waals surface area contributed by atoms with Crippen LogP contribution in [0.1, 0.15) is 44.6 Å². The zero-order valence-electron chi connectivity index (χ0n) is 17.6. The normalized spacial score (nSPS) is 25.8. The lowest BCUT2D eigenvalue weighted by atomic mass is 9.91. The maximum Gasteiger partial charge on any atom is 0.410 e. The number of carbonyl (C=O) groups is 1. The second-order valence-corrected chi connectivity index (χ2v) is 11.4. The van der Waals surface area contributed by atoms with Crippen LogP contribution in [-0.2, 0) is 25.9 Å². The summed E-state index contributed by atoms with van der Waals surface area (Å²) in [6, 6.07) is 3.95. The first-order valence-electron chi connectivity index (χ1n) is 10.7. The van der Waals surface area contributed by atoms with Crippen LogP contribution >= 0.6 is 0 Å².